The van der Waals surface area contributed by atoms with Gasteiger partial charge in [0, 0.05) is 18.2 Å². The third-order valence-corrected chi connectivity index (χ3v) is 5.05. The Morgan fingerprint density at radius 3 is 1.80 bits per heavy atom. The molecule has 0 amide bonds. The van der Waals surface area contributed by atoms with Crippen molar-refractivity contribution in [2.24, 2.45) is 0 Å². The molecule has 0 saturated heterocycles. The van der Waals surface area contributed by atoms with Gasteiger partial charge >= 0.3 is 5.97 Å². The fourth-order valence-electron chi connectivity index (χ4n) is 3.82. The number of halogens is 5. The number of hydrogen-bond donors (Lipinski definition) is 2. The van der Waals surface area contributed by atoms with Gasteiger partial charge in [0.05, 0.1) is 16.7 Å². The van der Waals surface area contributed by atoms with Crippen molar-refractivity contribution >= 4 is 5.97 Å². The smallest absolute Gasteiger partial charge is 0.343 e. The predicted molar refractivity (Wildman–Crippen MR) is 87.8 cm³/mol. The van der Waals surface area contributed by atoms with Crippen molar-refractivity contribution < 1.29 is 46.4 Å². The molecule has 5 nitrogen and oxygen atoms in total. The summed E-state index contributed by atoms with van der Waals surface area (Å²) in [5, 5.41) is 19.4. The number of ether oxygens (including phenoxy) is 2. The number of carbonyl (C=O) groups excluding carboxylic acids is 1. The van der Waals surface area contributed by atoms with E-state index in [9.17, 15) is 37.0 Å². The van der Waals surface area contributed by atoms with Crippen molar-refractivity contribution in [3.05, 3.63) is 81.7 Å². The van der Waals surface area contributed by atoms with E-state index in [0.29, 0.717) is 12.1 Å². The number of benzene rings is 3. The summed E-state index contributed by atoms with van der Waals surface area (Å²) in [4.78, 5) is 12.5. The molecular formula is C20H7F5O5. The molecule has 0 aliphatic carbocycles. The van der Waals surface area contributed by atoms with Crippen LogP contribution in [0.2, 0.25) is 0 Å². The van der Waals surface area contributed by atoms with E-state index in [-0.39, 0.29) is 17.6 Å². The number of rotatable bonds is 0. The Morgan fingerprint density at radius 1 is 0.733 bits per heavy atom. The van der Waals surface area contributed by atoms with Crippen molar-refractivity contribution in [1.82, 2.24) is 0 Å². The van der Waals surface area contributed by atoms with Gasteiger partial charge in [-0.05, 0) is 12.1 Å². The second kappa shape index (κ2) is 5.62. The molecule has 0 aromatic heterocycles. The Morgan fingerprint density at radius 2 is 1.27 bits per heavy atom. The Hall–Kier alpha value is -3.82. The molecule has 3 aromatic carbocycles. The quantitative estimate of drug-likeness (QED) is 0.320. The maximum Gasteiger partial charge on any atom is 0.343 e. The Bertz CT molecular complexity index is 1250. The van der Waals surface area contributed by atoms with Crippen LogP contribution >= 0.6 is 0 Å². The van der Waals surface area contributed by atoms with E-state index in [1.165, 1.54) is 0 Å². The molecule has 3 aromatic rings. The first kappa shape index (κ1) is 18.2. The standard InChI is InChI=1S/C20H7F5O5/c21-8-1-6-14(4-12(8)26)29-15-5-13(27)9(22)2-7(15)20(6)17-10(23)3-11(24)18(25)16(17)19(28)30-20/h1-5,26-27H. The lowest BCUT2D eigenvalue weighted by Crippen LogP contribution is -2.34. The second-order valence-electron chi connectivity index (χ2n) is 6.68. The van der Waals surface area contributed by atoms with Gasteiger partial charge in [0.25, 0.3) is 0 Å². The molecule has 0 bridgehead atoms. The van der Waals surface area contributed by atoms with E-state index in [2.05, 4.69) is 0 Å². The highest BCUT2D eigenvalue weighted by Crippen LogP contribution is 2.58. The van der Waals surface area contributed by atoms with Crippen LogP contribution in [-0.2, 0) is 10.3 Å². The maximum atomic E-state index is 14.9. The summed E-state index contributed by atoms with van der Waals surface area (Å²) in [7, 11) is 0. The first-order valence-electron chi connectivity index (χ1n) is 8.30. The van der Waals surface area contributed by atoms with E-state index in [4.69, 9.17) is 9.47 Å². The van der Waals surface area contributed by atoms with Crippen LogP contribution < -0.4 is 4.74 Å². The molecule has 2 aliphatic heterocycles. The number of phenols is 2. The van der Waals surface area contributed by atoms with Crippen LogP contribution in [0.3, 0.4) is 0 Å². The topological polar surface area (TPSA) is 76.0 Å². The van der Waals surface area contributed by atoms with E-state index in [1.54, 1.807) is 0 Å². The number of fused-ring (bicyclic) bond motifs is 6. The molecule has 30 heavy (non-hydrogen) atoms. The molecule has 2 aliphatic rings. The van der Waals surface area contributed by atoms with Gasteiger partial charge in [-0.2, -0.15) is 0 Å². The lowest BCUT2D eigenvalue weighted by atomic mass is 9.77. The molecule has 0 saturated carbocycles. The highest BCUT2D eigenvalue weighted by atomic mass is 19.2. The molecule has 1 spiro atoms. The van der Waals surface area contributed by atoms with Gasteiger partial charge in [-0.15, -0.1) is 0 Å². The van der Waals surface area contributed by atoms with E-state index in [0.717, 1.165) is 12.1 Å². The average molecular weight is 422 g/mol. The summed E-state index contributed by atoms with van der Waals surface area (Å²) in [6, 6.07) is 3.00. The molecule has 0 radical (unpaired) electrons. The zero-order valence-corrected chi connectivity index (χ0v) is 14.4. The monoisotopic (exact) mass is 422 g/mol. The Kier molecular flexibility index (Phi) is 3.41. The number of carbonyl (C=O) groups is 1. The maximum absolute atomic E-state index is 14.9. The first-order valence-corrected chi connectivity index (χ1v) is 8.30. The van der Waals surface area contributed by atoms with Crippen LogP contribution in [0.1, 0.15) is 27.0 Å². The van der Waals surface area contributed by atoms with Crippen molar-refractivity contribution in [2.45, 2.75) is 5.60 Å². The molecule has 2 N–H and O–H groups in total. The van der Waals surface area contributed by atoms with Gasteiger partial charge in [-0.1, -0.05) is 0 Å². The first-order chi connectivity index (χ1) is 14.1. The van der Waals surface area contributed by atoms with Crippen molar-refractivity contribution in [3.8, 4) is 23.0 Å². The molecule has 10 heteroatoms. The van der Waals surface area contributed by atoms with Gasteiger partial charge in [-0.3, -0.25) is 0 Å². The molecule has 5 rings (SSSR count). The van der Waals surface area contributed by atoms with Crippen molar-refractivity contribution in [3.63, 3.8) is 0 Å². The Labute approximate surface area is 163 Å². The molecule has 2 heterocycles. The van der Waals surface area contributed by atoms with Gasteiger partial charge in [0.2, 0.25) is 0 Å². The van der Waals surface area contributed by atoms with Crippen LogP contribution in [0, 0.1) is 29.1 Å². The largest absolute Gasteiger partial charge is 0.505 e. The minimum absolute atomic E-state index is 0.167. The van der Waals surface area contributed by atoms with Gasteiger partial charge in [0.1, 0.15) is 22.9 Å². The second-order valence-corrected chi connectivity index (χ2v) is 6.68. The van der Waals surface area contributed by atoms with Crippen LogP contribution in [0.4, 0.5) is 22.0 Å². The summed E-state index contributed by atoms with van der Waals surface area (Å²) in [5.41, 5.74) is -5.21. The molecule has 0 atom stereocenters. The normalized spacial score (nSPS) is 15.3. The van der Waals surface area contributed by atoms with E-state index >= 15 is 0 Å². The zero-order chi connectivity index (χ0) is 21.5. The van der Waals surface area contributed by atoms with Crippen LogP contribution in [0.5, 0.6) is 23.0 Å². The SMILES string of the molecule is O=C1OC2(c3cc(F)c(O)cc3Oc3cc(O)c(F)cc32)c2c(F)cc(F)c(F)c21. The van der Waals surface area contributed by atoms with Gasteiger partial charge < -0.3 is 19.7 Å². The number of phenolic OH excluding ortho intramolecular Hbond substituents is 2. The van der Waals surface area contributed by atoms with E-state index < -0.39 is 74.4 Å². The van der Waals surface area contributed by atoms with Gasteiger partial charge in [0.15, 0.2) is 40.4 Å². The summed E-state index contributed by atoms with van der Waals surface area (Å²) in [5.74, 6) is -11.2. The molecule has 0 fully saturated rings. The lowest BCUT2D eigenvalue weighted by molar-refractivity contribution is 0.0213. The predicted octanol–water partition coefficient (Wildman–Crippen LogP) is 4.36. The lowest BCUT2D eigenvalue weighted by Gasteiger charge is -2.36. The highest BCUT2D eigenvalue weighted by Gasteiger charge is 2.57. The van der Waals surface area contributed by atoms with Crippen molar-refractivity contribution in [2.75, 3.05) is 0 Å². The third kappa shape index (κ3) is 2.07. The average Bonchev–Trinajstić information content (AvgIpc) is 2.98. The van der Waals surface area contributed by atoms with Crippen LogP contribution in [0.15, 0.2) is 30.3 Å². The summed E-state index contributed by atoms with van der Waals surface area (Å²) >= 11 is 0. The summed E-state index contributed by atoms with van der Waals surface area (Å²) in [6.45, 7) is 0. The minimum atomic E-state index is -2.48. The Balaban J connectivity index is 1.98. The van der Waals surface area contributed by atoms with Crippen molar-refractivity contribution in [1.29, 1.82) is 0 Å². The fraction of sp³-hybridized carbons (Fsp3) is 0.0500. The van der Waals surface area contributed by atoms with Gasteiger partial charge in [-0.25, -0.2) is 26.7 Å². The summed E-state index contributed by atoms with van der Waals surface area (Å²) < 4.78 is 82.2. The van der Waals surface area contributed by atoms with Crippen LogP contribution in [-0.4, -0.2) is 16.2 Å². The van der Waals surface area contributed by atoms with Crippen LogP contribution in [0.25, 0.3) is 0 Å². The molecular weight excluding hydrogens is 415 g/mol. The highest BCUT2D eigenvalue weighted by molar-refractivity contribution is 5.97. The number of esters is 1. The van der Waals surface area contributed by atoms with E-state index in [1.807, 2.05) is 0 Å². The molecule has 152 valence electrons. The zero-order valence-electron chi connectivity index (χ0n) is 14.4. The number of hydrogen-bond acceptors (Lipinski definition) is 5. The fourth-order valence-corrected chi connectivity index (χ4v) is 3.82. The third-order valence-electron chi connectivity index (χ3n) is 5.05. The minimum Gasteiger partial charge on any atom is -0.505 e. The molecule has 0 unspecified atom stereocenters. The number of aromatic hydroxyl groups is 2. The summed E-state index contributed by atoms with van der Waals surface area (Å²) in [6.07, 6.45) is 0.